The van der Waals surface area contributed by atoms with Crippen molar-refractivity contribution in [2.75, 3.05) is 0 Å². The molecular weight excluding hydrogens is 248 g/mol. The van der Waals surface area contributed by atoms with Gasteiger partial charge in [-0.05, 0) is 24.5 Å². The summed E-state index contributed by atoms with van der Waals surface area (Å²) in [5.74, 6) is 1.80. The van der Waals surface area contributed by atoms with Gasteiger partial charge in [-0.3, -0.25) is 0 Å². The van der Waals surface area contributed by atoms with E-state index in [0.717, 1.165) is 41.5 Å². The second-order valence-corrected chi connectivity index (χ2v) is 5.02. The van der Waals surface area contributed by atoms with Crippen molar-refractivity contribution in [1.29, 1.82) is 0 Å². The molecule has 1 aromatic carbocycles. The van der Waals surface area contributed by atoms with Gasteiger partial charge in [0.25, 0.3) is 0 Å². The topological polar surface area (TPSA) is 56.7 Å². The van der Waals surface area contributed by atoms with E-state index in [0.29, 0.717) is 6.42 Å². The monoisotopic (exact) mass is 262 g/mol. The highest BCUT2D eigenvalue weighted by molar-refractivity contribution is 6.31. The fraction of sp³-hybridized carbons (Fsp3) is 0.385. The maximum atomic E-state index is 6.14. The van der Waals surface area contributed by atoms with Crippen LogP contribution >= 0.6 is 11.6 Å². The molecule has 0 aliphatic carbocycles. The van der Waals surface area contributed by atoms with Crippen molar-refractivity contribution >= 4 is 11.6 Å². The molecular formula is C13H15ClN4. The van der Waals surface area contributed by atoms with Crippen LogP contribution in [0.5, 0.6) is 0 Å². The Bertz CT molecular complexity index is 564. The SMILES string of the molecule is NC1CCCc2nc(Cc3ccccc3Cl)nn21. The molecule has 0 amide bonds. The molecule has 0 spiro atoms. The lowest BCUT2D eigenvalue weighted by Crippen LogP contribution is -2.25. The first-order valence-corrected chi connectivity index (χ1v) is 6.55. The average molecular weight is 263 g/mol. The van der Waals surface area contributed by atoms with Gasteiger partial charge in [0.1, 0.15) is 12.0 Å². The minimum Gasteiger partial charge on any atom is -0.310 e. The van der Waals surface area contributed by atoms with Gasteiger partial charge in [0.2, 0.25) is 0 Å². The Labute approximate surface area is 111 Å². The normalized spacial score (nSPS) is 18.7. The summed E-state index contributed by atoms with van der Waals surface area (Å²) in [6.07, 6.45) is 3.66. The number of nitrogens with two attached hydrogens (primary N) is 1. The molecule has 0 saturated carbocycles. The molecule has 0 fully saturated rings. The third-order valence-electron chi connectivity index (χ3n) is 3.27. The third-order valence-corrected chi connectivity index (χ3v) is 3.64. The number of nitrogens with zero attached hydrogens (tertiary/aromatic N) is 3. The van der Waals surface area contributed by atoms with Crippen LogP contribution in [0.15, 0.2) is 24.3 Å². The van der Waals surface area contributed by atoms with Crippen LogP contribution in [0.2, 0.25) is 5.02 Å². The van der Waals surface area contributed by atoms with Gasteiger partial charge in [-0.1, -0.05) is 29.8 Å². The Hall–Kier alpha value is -1.39. The Kier molecular flexibility index (Phi) is 3.06. The zero-order chi connectivity index (χ0) is 12.5. The van der Waals surface area contributed by atoms with Crippen LogP contribution in [0.3, 0.4) is 0 Å². The predicted octanol–water partition coefficient (Wildman–Crippen LogP) is 2.32. The Morgan fingerprint density at radius 1 is 1.39 bits per heavy atom. The van der Waals surface area contributed by atoms with Gasteiger partial charge in [0.05, 0.1) is 0 Å². The highest BCUT2D eigenvalue weighted by Gasteiger charge is 2.20. The largest absolute Gasteiger partial charge is 0.310 e. The van der Waals surface area contributed by atoms with Crippen LogP contribution in [0.25, 0.3) is 0 Å². The summed E-state index contributed by atoms with van der Waals surface area (Å²) >= 11 is 6.14. The third kappa shape index (κ3) is 2.13. The summed E-state index contributed by atoms with van der Waals surface area (Å²) in [6.45, 7) is 0. The first-order valence-electron chi connectivity index (χ1n) is 6.17. The molecule has 0 bridgehead atoms. The van der Waals surface area contributed by atoms with Crippen molar-refractivity contribution in [3.8, 4) is 0 Å². The van der Waals surface area contributed by atoms with Crippen molar-refractivity contribution in [3.05, 3.63) is 46.5 Å². The lowest BCUT2D eigenvalue weighted by Gasteiger charge is -2.18. The number of fused-ring (bicyclic) bond motifs is 1. The highest BCUT2D eigenvalue weighted by atomic mass is 35.5. The molecule has 1 aliphatic rings. The smallest absolute Gasteiger partial charge is 0.155 e. The summed E-state index contributed by atoms with van der Waals surface area (Å²) in [6, 6.07) is 7.79. The Balaban J connectivity index is 1.88. The molecule has 1 aromatic heterocycles. The van der Waals surface area contributed by atoms with Crippen LogP contribution in [-0.2, 0) is 12.8 Å². The number of benzene rings is 1. The van der Waals surface area contributed by atoms with Crippen molar-refractivity contribution in [2.45, 2.75) is 31.8 Å². The molecule has 18 heavy (non-hydrogen) atoms. The number of halogens is 1. The average Bonchev–Trinajstić information content (AvgIpc) is 2.76. The van der Waals surface area contributed by atoms with E-state index in [1.807, 2.05) is 28.9 Å². The molecule has 2 N–H and O–H groups in total. The van der Waals surface area contributed by atoms with E-state index in [2.05, 4.69) is 10.1 Å². The Morgan fingerprint density at radius 3 is 3.00 bits per heavy atom. The van der Waals surface area contributed by atoms with E-state index < -0.39 is 0 Å². The van der Waals surface area contributed by atoms with Gasteiger partial charge in [-0.15, -0.1) is 0 Å². The van der Waals surface area contributed by atoms with Crippen LogP contribution in [0.4, 0.5) is 0 Å². The number of aryl methyl sites for hydroxylation is 1. The van der Waals surface area contributed by atoms with E-state index in [-0.39, 0.29) is 6.17 Å². The van der Waals surface area contributed by atoms with Crippen molar-refractivity contribution in [2.24, 2.45) is 5.73 Å². The first-order chi connectivity index (χ1) is 8.74. The minimum atomic E-state index is -0.0266. The fourth-order valence-electron chi connectivity index (χ4n) is 2.32. The van der Waals surface area contributed by atoms with Gasteiger partial charge in [0, 0.05) is 17.9 Å². The highest BCUT2D eigenvalue weighted by Crippen LogP contribution is 2.21. The molecule has 1 unspecified atom stereocenters. The summed E-state index contributed by atoms with van der Waals surface area (Å²) in [4.78, 5) is 4.55. The summed E-state index contributed by atoms with van der Waals surface area (Å²) in [5.41, 5.74) is 7.07. The van der Waals surface area contributed by atoms with Crippen LogP contribution in [0, 0.1) is 0 Å². The van der Waals surface area contributed by atoms with Gasteiger partial charge in [-0.25, -0.2) is 9.67 Å². The van der Waals surface area contributed by atoms with Gasteiger partial charge in [-0.2, -0.15) is 5.10 Å². The van der Waals surface area contributed by atoms with Gasteiger partial charge in [0.15, 0.2) is 5.82 Å². The standard InChI is InChI=1S/C13H15ClN4/c14-10-5-2-1-4-9(10)8-12-16-13-7-3-6-11(15)18(13)17-12/h1-2,4-5,11H,3,6-8,15H2. The number of rotatable bonds is 2. The number of aromatic nitrogens is 3. The van der Waals surface area contributed by atoms with E-state index in [1.165, 1.54) is 0 Å². The lowest BCUT2D eigenvalue weighted by atomic mass is 10.1. The second-order valence-electron chi connectivity index (χ2n) is 4.62. The van der Waals surface area contributed by atoms with E-state index in [4.69, 9.17) is 17.3 Å². The zero-order valence-electron chi connectivity index (χ0n) is 10.0. The molecule has 2 aromatic rings. The molecule has 3 rings (SSSR count). The van der Waals surface area contributed by atoms with Crippen LogP contribution < -0.4 is 5.73 Å². The van der Waals surface area contributed by atoms with Crippen molar-refractivity contribution < 1.29 is 0 Å². The molecule has 1 aliphatic heterocycles. The van der Waals surface area contributed by atoms with Crippen LogP contribution in [-0.4, -0.2) is 14.8 Å². The second kappa shape index (κ2) is 4.71. The summed E-state index contributed by atoms with van der Waals surface area (Å²) in [7, 11) is 0. The van der Waals surface area contributed by atoms with Crippen LogP contribution in [0.1, 0.15) is 36.2 Å². The number of hydrogen-bond acceptors (Lipinski definition) is 3. The van der Waals surface area contributed by atoms with Gasteiger partial charge >= 0.3 is 0 Å². The molecule has 5 heteroatoms. The van der Waals surface area contributed by atoms with Crippen molar-refractivity contribution in [3.63, 3.8) is 0 Å². The van der Waals surface area contributed by atoms with Gasteiger partial charge < -0.3 is 5.73 Å². The van der Waals surface area contributed by atoms with E-state index >= 15 is 0 Å². The maximum Gasteiger partial charge on any atom is 0.155 e. The van der Waals surface area contributed by atoms with Crippen molar-refractivity contribution in [1.82, 2.24) is 14.8 Å². The molecule has 2 heterocycles. The zero-order valence-corrected chi connectivity index (χ0v) is 10.8. The number of hydrogen-bond donors (Lipinski definition) is 1. The summed E-state index contributed by atoms with van der Waals surface area (Å²) in [5, 5.41) is 5.25. The lowest BCUT2D eigenvalue weighted by molar-refractivity contribution is 0.371. The van der Waals surface area contributed by atoms with E-state index in [9.17, 15) is 0 Å². The van der Waals surface area contributed by atoms with E-state index in [1.54, 1.807) is 0 Å². The first kappa shape index (κ1) is 11.7. The molecule has 1 atom stereocenters. The molecule has 0 radical (unpaired) electrons. The molecule has 0 saturated heterocycles. The Morgan fingerprint density at radius 2 is 2.22 bits per heavy atom. The maximum absolute atomic E-state index is 6.14. The summed E-state index contributed by atoms with van der Waals surface area (Å²) < 4.78 is 1.86. The predicted molar refractivity (Wildman–Crippen MR) is 70.4 cm³/mol. The quantitative estimate of drug-likeness (QED) is 0.904. The molecule has 94 valence electrons. The minimum absolute atomic E-state index is 0.0266. The molecule has 4 nitrogen and oxygen atoms in total. The fourth-order valence-corrected chi connectivity index (χ4v) is 2.52.